The van der Waals surface area contributed by atoms with Crippen LogP contribution in [0.3, 0.4) is 0 Å². The molecule has 0 spiro atoms. The first kappa shape index (κ1) is 15.0. The molecule has 0 aliphatic heterocycles. The summed E-state index contributed by atoms with van der Waals surface area (Å²) in [5.41, 5.74) is 0. The van der Waals surface area contributed by atoms with Crippen LogP contribution in [0.15, 0.2) is 0 Å². The van der Waals surface area contributed by atoms with Gasteiger partial charge in [-0.25, -0.2) is 0 Å². The van der Waals surface area contributed by atoms with Gasteiger partial charge in [0, 0.05) is 0 Å². The Morgan fingerprint density at radius 3 is 2.09 bits per heavy atom. The molecule has 0 aliphatic rings. The minimum Gasteiger partial charge on any atom is -0.665 e. The Morgan fingerprint density at radius 2 is 1.73 bits per heavy atom. The second kappa shape index (κ2) is 11.6. The number of rotatable bonds is 6. The monoisotopic (exact) mass is 182 g/mol. The standard InChI is InChI=1S/C8H19N2.K/c1-4-10(5-2)8-6-7-9-3;/h4-8H2,1-3H3;/q-1;+1. The van der Waals surface area contributed by atoms with Crippen LogP contribution < -0.4 is 51.4 Å². The molecule has 0 fully saturated rings. The summed E-state index contributed by atoms with van der Waals surface area (Å²) in [5.74, 6) is 0. The fraction of sp³-hybridized carbons (Fsp3) is 1.00. The Balaban J connectivity index is 0. The summed E-state index contributed by atoms with van der Waals surface area (Å²) in [6.07, 6.45) is 1.21. The summed E-state index contributed by atoms with van der Waals surface area (Å²) < 4.78 is 0. The zero-order chi connectivity index (χ0) is 7.82. The number of hydrogen-bond donors (Lipinski definition) is 0. The minimum absolute atomic E-state index is 0. The summed E-state index contributed by atoms with van der Waals surface area (Å²) >= 11 is 0. The Kier molecular flexibility index (Phi) is 15.8. The molecule has 0 unspecified atom stereocenters. The Labute approximate surface area is 114 Å². The molecule has 0 bridgehead atoms. The van der Waals surface area contributed by atoms with Gasteiger partial charge in [-0.2, -0.15) is 7.05 Å². The van der Waals surface area contributed by atoms with Crippen molar-refractivity contribution in [2.45, 2.75) is 20.3 Å². The van der Waals surface area contributed by atoms with Crippen LogP contribution in [0.25, 0.3) is 5.32 Å². The van der Waals surface area contributed by atoms with E-state index >= 15 is 0 Å². The van der Waals surface area contributed by atoms with Gasteiger partial charge in [0.2, 0.25) is 0 Å². The van der Waals surface area contributed by atoms with Crippen molar-refractivity contribution in [3.05, 3.63) is 5.32 Å². The van der Waals surface area contributed by atoms with Gasteiger partial charge in [-0.15, -0.1) is 6.54 Å². The molecule has 0 saturated carbocycles. The molecule has 0 rings (SSSR count). The van der Waals surface area contributed by atoms with Gasteiger partial charge in [-0.1, -0.05) is 20.3 Å². The molecule has 0 amide bonds. The van der Waals surface area contributed by atoms with E-state index in [4.69, 9.17) is 0 Å². The van der Waals surface area contributed by atoms with Gasteiger partial charge in [0.1, 0.15) is 0 Å². The Bertz CT molecular complexity index is 65.1. The molecule has 62 valence electrons. The topological polar surface area (TPSA) is 17.3 Å². The Morgan fingerprint density at radius 1 is 1.18 bits per heavy atom. The molecule has 11 heavy (non-hydrogen) atoms. The summed E-state index contributed by atoms with van der Waals surface area (Å²) in [5, 5.41) is 4.05. The van der Waals surface area contributed by atoms with Crippen LogP contribution in [0.2, 0.25) is 0 Å². The largest absolute Gasteiger partial charge is 1.00 e. The van der Waals surface area contributed by atoms with Crippen LogP contribution in [0.4, 0.5) is 0 Å². The first-order valence-electron chi connectivity index (χ1n) is 4.13. The third kappa shape index (κ3) is 9.47. The second-order valence-electron chi connectivity index (χ2n) is 2.42. The summed E-state index contributed by atoms with van der Waals surface area (Å²) in [7, 11) is 1.88. The zero-order valence-electron chi connectivity index (χ0n) is 8.43. The van der Waals surface area contributed by atoms with Crippen LogP contribution in [0.5, 0.6) is 0 Å². The Hall–Kier alpha value is 1.56. The van der Waals surface area contributed by atoms with Crippen molar-refractivity contribution in [3.63, 3.8) is 0 Å². The maximum atomic E-state index is 4.05. The summed E-state index contributed by atoms with van der Waals surface area (Å²) in [6, 6.07) is 0. The van der Waals surface area contributed by atoms with Gasteiger partial charge in [-0.3, -0.25) is 0 Å². The molecule has 0 N–H and O–H groups in total. The molecule has 0 aromatic rings. The van der Waals surface area contributed by atoms with Crippen LogP contribution in [0.1, 0.15) is 20.3 Å². The van der Waals surface area contributed by atoms with Crippen molar-refractivity contribution < 1.29 is 51.4 Å². The van der Waals surface area contributed by atoms with Crippen LogP contribution in [0, 0.1) is 0 Å². The van der Waals surface area contributed by atoms with E-state index in [1.807, 2.05) is 7.05 Å². The predicted molar refractivity (Wildman–Crippen MR) is 46.6 cm³/mol. The van der Waals surface area contributed by atoms with Gasteiger partial charge in [0.15, 0.2) is 0 Å². The second-order valence-corrected chi connectivity index (χ2v) is 2.42. The minimum atomic E-state index is 0. The molecular weight excluding hydrogens is 163 g/mol. The molecule has 3 heteroatoms. The molecule has 0 heterocycles. The number of hydrogen-bond acceptors (Lipinski definition) is 1. The third-order valence-electron chi connectivity index (χ3n) is 1.75. The van der Waals surface area contributed by atoms with Gasteiger partial charge in [-0.05, 0) is 19.6 Å². The predicted octanol–water partition coefficient (Wildman–Crippen LogP) is -1.27. The van der Waals surface area contributed by atoms with Gasteiger partial charge < -0.3 is 10.2 Å². The number of nitrogens with zero attached hydrogens (tertiary/aromatic N) is 2. The van der Waals surface area contributed by atoms with Crippen molar-refractivity contribution in [3.8, 4) is 0 Å². The van der Waals surface area contributed by atoms with Crippen molar-refractivity contribution >= 4 is 0 Å². The van der Waals surface area contributed by atoms with Crippen LogP contribution in [-0.2, 0) is 0 Å². The average Bonchev–Trinajstić information content (AvgIpc) is 1.99. The molecule has 2 nitrogen and oxygen atoms in total. The molecule has 0 atom stereocenters. The maximum absolute atomic E-state index is 4.05. The third-order valence-corrected chi connectivity index (χ3v) is 1.75. The van der Waals surface area contributed by atoms with E-state index in [-0.39, 0.29) is 51.4 Å². The van der Waals surface area contributed by atoms with Crippen molar-refractivity contribution in [1.29, 1.82) is 0 Å². The van der Waals surface area contributed by atoms with E-state index in [1.54, 1.807) is 0 Å². The molecule has 0 saturated heterocycles. The molecule has 0 radical (unpaired) electrons. The van der Waals surface area contributed by atoms with E-state index < -0.39 is 0 Å². The van der Waals surface area contributed by atoms with Crippen LogP contribution in [-0.4, -0.2) is 38.1 Å². The van der Waals surface area contributed by atoms with E-state index in [0.29, 0.717) is 0 Å². The van der Waals surface area contributed by atoms with Crippen molar-refractivity contribution in [2.75, 3.05) is 33.2 Å². The van der Waals surface area contributed by atoms with Crippen molar-refractivity contribution in [2.24, 2.45) is 0 Å². The van der Waals surface area contributed by atoms with E-state index in [2.05, 4.69) is 24.1 Å². The molecule has 0 aromatic carbocycles. The van der Waals surface area contributed by atoms with Crippen LogP contribution >= 0.6 is 0 Å². The van der Waals surface area contributed by atoms with E-state index in [9.17, 15) is 0 Å². The fourth-order valence-electron chi connectivity index (χ4n) is 0.992. The normalized spacial score (nSPS) is 9.82. The molecule has 0 aromatic heterocycles. The van der Waals surface area contributed by atoms with E-state index in [0.717, 1.165) is 6.54 Å². The van der Waals surface area contributed by atoms with Gasteiger partial charge in [0.05, 0.1) is 0 Å². The molecule has 0 aliphatic carbocycles. The fourth-order valence-corrected chi connectivity index (χ4v) is 0.992. The smallest absolute Gasteiger partial charge is 0.665 e. The molecular formula is C8H19KN2. The maximum Gasteiger partial charge on any atom is 1.00 e. The first-order valence-corrected chi connectivity index (χ1v) is 4.13. The van der Waals surface area contributed by atoms with Gasteiger partial charge >= 0.3 is 51.4 Å². The summed E-state index contributed by atoms with van der Waals surface area (Å²) in [4.78, 5) is 2.42. The quantitative estimate of drug-likeness (QED) is 0.370. The van der Waals surface area contributed by atoms with E-state index in [1.165, 1.54) is 26.1 Å². The summed E-state index contributed by atoms with van der Waals surface area (Å²) in [6.45, 7) is 8.94. The SMILES string of the molecule is CCN(CC)CCC[N-]C.[K+]. The zero-order valence-corrected chi connectivity index (χ0v) is 11.6. The first-order chi connectivity index (χ1) is 4.85. The van der Waals surface area contributed by atoms with Crippen molar-refractivity contribution in [1.82, 2.24) is 4.90 Å². The average molecular weight is 182 g/mol. The van der Waals surface area contributed by atoms with Gasteiger partial charge in [0.25, 0.3) is 0 Å².